The molecule has 3 amide bonds. The Kier molecular flexibility index (Phi) is 6.96. The molecular formula is C28H33N3O5. The Hall–Kier alpha value is -3.39. The Morgan fingerprint density at radius 2 is 1.92 bits per heavy atom. The molecular weight excluding hydrogens is 458 g/mol. The minimum Gasteiger partial charge on any atom is -0.457 e. The lowest BCUT2D eigenvalue weighted by Crippen LogP contribution is -2.59. The van der Waals surface area contributed by atoms with Gasteiger partial charge in [-0.2, -0.15) is 0 Å². The standard InChI is InChI=1S/C28H33N3O5/c1-18-9-10-21-14-25(18)36-22-8-3-5-19(13-22)17-35-24-11-12-31(28(34)20-6-4-7-20)15-23(24)29-26(32)16-30(2)27(21)33/h3,5,8-10,13-14,20,23-24H,4,6-7,11-12,15-17H2,1-2H3,(H,29,32)/t23-,24+/m0/s1. The number of rotatable bonds is 1. The number of nitrogens with one attached hydrogen (secondary N) is 1. The van der Waals surface area contributed by atoms with Crippen LogP contribution in [0, 0.1) is 12.8 Å². The van der Waals surface area contributed by atoms with Crippen LogP contribution in [0.1, 0.15) is 47.2 Å². The van der Waals surface area contributed by atoms with Gasteiger partial charge >= 0.3 is 0 Å². The van der Waals surface area contributed by atoms with Crippen LogP contribution in [0.3, 0.4) is 0 Å². The first-order valence-corrected chi connectivity index (χ1v) is 12.7. The summed E-state index contributed by atoms with van der Waals surface area (Å²) in [5, 5.41) is 3.06. The van der Waals surface area contributed by atoms with Gasteiger partial charge in [-0.25, -0.2) is 0 Å². The lowest BCUT2D eigenvalue weighted by atomic mass is 9.83. The minimum absolute atomic E-state index is 0.0955. The largest absolute Gasteiger partial charge is 0.457 e. The number of fused-ring (bicyclic) bond motifs is 5. The highest BCUT2D eigenvalue weighted by molar-refractivity contribution is 5.96. The molecule has 0 aromatic heterocycles. The number of carbonyl (C=O) groups is 3. The highest BCUT2D eigenvalue weighted by atomic mass is 16.5. The van der Waals surface area contributed by atoms with E-state index in [1.165, 1.54) is 4.90 Å². The molecule has 3 aliphatic rings. The molecule has 2 heterocycles. The van der Waals surface area contributed by atoms with Crippen LogP contribution in [0.15, 0.2) is 42.5 Å². The molecule has 5 rings (SSSR count). The number of likely N-dealkylation sites (N-methyl/N-ethyl adjacent to an activating group) is 1. The molecule has 2 aliphatic heterocycles. The van der Waals surface area contributed by atoms with E-state index in [1.54, 1.807) is 19.2 Å². The van der Waals surface area contributed by atoms with E-state index in [0.717, 1.165) is 30.4 Å². The highest BCUT2D eigenvalue weighted by Crippen LogP contribution is 2.31. The molecule has 2 aromatic rings. The summed E-state index contributed by atoms with van der Waals surface area (Å²) in [6.45, 7) is 3.22. The highest BCUT2D eigenvalue weighted by Gasteiger charge is 2.37. The van der Waals surface area contributed by atoms with Gasteiger partial charge < -0.3 is 24.6 Å². The maximum atomic E-state index is 13.1. The quantitative estimate of drug-likeness (QED) is 0.662. The first kappa shape index (κ1) is 24.3. The maximum Gasteiger partial charge on any atom is 0.254 e. The summed E-state index contributed by atoms with van der Waals surface area (Å²) in [7, 11) is 1.61. The number of nitrogens with zero attached hydrogens (tertiary/aromatic N) is 2. The predicted molar refractivity (Wildman–Crippen MR) is 134 cm³/mol. The molecule has 8 heteroatoms. The van der Waals surface area contributed by atoms with Crippen molar-refractivity contribution in [3.8, 4) is 11.5 Å². The Balaban J connectivity index is 1.41. The van der Waals surface area contributed by atoms with Crippen LogP contribution in [0.25, 0.3) is 0 Å². The molecule has 0 spiro atoms. The van der Waals surface area contributed by atoms with Gasteiger partial charge in [0.25, 0.3) is 5.91 Å². The zero-order chi connectivity index (χ0) is 25.2. The first-order valence-electron chi connectivity index (χ1n) is 12.7. The van der Waals surface area contributed by atoms with E-state index in [1.807, 2.05) is 42.2 Å². The van der Waals surface area contributed by atoms with Crippen LogP contribution in [-0.4, -0.2) is 66.3 Å². The molecule has 2 aromatic carbocycles. The number of carbonyl (C=O) groups excluding carboxylic acids is 3. The van der Waals surface area contributed by atoms with Crippen LogP contribution < -0.4 is 10.1 Å². The Bertz CT molecular complexity index is 1160. The number of aryl methyl sites for hydroxylation is 1. The van der Waals surface area contributed by atoms with Crippen LogP contribution in [-0.2, 0) is 20.9 Å². The summed E-state index contributed by atoms with van der Waals surface area (Å²) in [6.07, 6.45) is 3.38. The molecule has 4 bridgehead atoms. The molecule has 1 saturated carbocycles. The van der Waals surface area contributed by atoms with Gasteiger partial charge in [0, 0.05) is 31.6 Å². The number of benzene rings is 2. The monoisotopic (exact) mass is 491 g/mol. The SMILES string of the molecule is Cc1ccc2cc1Oc1cccc(c1)CO[C@@H]1CCN(C(=O)C3CCC3)C[C@@H]1NC(=O)CN(C)C2=O. The van der Waals surface area contributed by atoms with Gasteiger partial charge in [0.15, 0.2) is 0 Å². The zero-order valence-corrected chi connectivity index (χ0v) is 20.9. The molecule has 1 N–H and O–H groups in total. The summed E-state index contributed by atoms with van der Waals surface area (Å²) in [4.78, 5) is 42.2. The van der Waals surface area contributed by atoms with Crippen molar-refractivity contribution in [3.63, 3.8) is 0 Å². The van der Waals surface area contributed by atoms with Crippen molar-refractivity contribution in [1.29, 1.82) is 0 Å². The van der Waals surface area contributed by atoms with E-state index in [2.05, 4.69) is 5.32 Å². The minimum atomic E-state index is -0.350. The van der Waals surface area contributed by atoms with Crippen molar-refractivity contribution < 1.29 is 23.9 Å². The van der Waals surface area contributed by atoms with Crippen LogP contribution >= 0.6 is 0 Å². The van der Waals surface area contributed by atoms with Crippen LogP contribution in [0.4, 0.5) is 0 Å². The average Bonchev–Trinajstić information content (AvgIpc) is 2.82. The molecule has 190 valence electrons. The third-order valence-electron chi connectivity index (χ3n) is 7.41. The first-order chi connectivity index (χ1) is 17.4. The predicted octanol–water partition coefficient (Wildman–Crippen LogP) is 3.28. The van der Waals surface area contributed by atoms with Crippen molar-refractivity contribution in [2.45, 2.75) is 51.4 Å². The topological polar surface area (TPSA) is 88.2 Å². The van der Waals surface area contributed by atoms with E-state index in [0.29, 0.717) is 43.2 Å². The van der Waals surface area contributed by atoms with Crippen LogP contribution in [0.5, 0.6) is 11.5 Å². The number of likely N-dealkylation sites (tertiary alicyclic amines) is 1. The summed E-state index contributed by atoms with van der Waals surface area (Å²) < 4.78 is 12.4. The van der Waals surface area contributed by atoms with Crippen molar-refractivity contribution in [3.05, 3.63) is 59.2 Å². The molecule has 2 fully saturated rings. The molecule has 36 heavy (non-hydrogen) atoms. The van der Waals surface area contributed by atoms with Crippen molar-refractivity contribution in [2.75, 3.05) is 26.7 Å². The van der Waals surface area contributed by atoms with Gasteiger partial charge in [0.2, 0.25) is 11.8 Å². The molecule has 0 unspecified atom stereocenters. The number of amides is 3. The van der Waals surface area contributed by atoms with Gasteiger partial charge in [-0.3, -0.25) is 14.4 Å². The van der Waals surface area contributed by atoms with E-state index < -0.39 is 0 Å². The molecule has 1 aliphatic carbocycles. The normalized spacial score (nSPS) is 23.3. The van der Waals surface area contributed by atoms with Crippen molar-refractivity contribution >= 4 is 17.7 Å². The maximum absolute atomic E-state index is 13.1. The third kappa shape index (κ3) is 5.23. The molecule has 0 radical (unpaired) electrons. The fourth-order valence-corrected chi connectivity index (χ4v) is 5.01. The van der Waals surface area contributed by atoms with E-state index >= 15 is 0 Å². The molecule has 1 saturated heterocycles. The Labute approximate surface area is 211 Å². The third-order valence-corrected chi connectivity index (χ3v) is 7.41. The average molecular weight is 492 g/mol. The second-order valence-corrected chi connectivity index (χ2v) is 10.1. The molecule has 8 nitrogen and oxygen atoms in total. The van der Waals surface area contributed by atoms with Gasteiger partial charge in [-0.15, -0.1) is 0 Å². The van der Waals surface area contributed by atoms with Crippen molar-refractivity contribution in [2.24, 2.45) is 5.92 Å². The summed E-state index contributed by atoms with van der Waals surface area (Å²) in [6, 6.07) is 12.6. The van der Waals surface area contributed by atoms with Crippen molar-refractivity contribution in [1.82, 2.24) is 15.1 Å². The number of piperidine rings is 1. The van der Waals surface area contributed by atoms with E-state index in [4.69, 9.17) is 9.47 Å². The lowest BCUT2D eigenvalue weighted by Gasteiger charge is -2.41. The zero-order valence-electron chi connectivity index (χ0n) is 20.9. The summed E-state index contributed by atoms with van der Waals surface area (Å²) in [5.74, 6) is 0.986. The van der Waals surface area contributed by atoms with Gasteiger partial charge in [-0.1, -0.05) is 24.6 Å². The Morgan fingerprint density at radius 1 is 1.08 bits per heavy atom. The van der Waals surface area contributed by atoms with E-state index in [9.17, 15) is 14.4 Å². The van der Waals surface area contributed by atoms with Gasteiger partial charge in [0.1, 0.15) is 11.5 Å². The van der Waals surface area contributed by atoms with Crippen LogP contribution in [0.2, 0.25) is 0 Å². The fraction of sp³-hybridized carbons (Fsp3) is 0.464. The Morgan fingerprint density at radius 3 is 2.69 bits per heavy atom. The number of hydrogen-bond acceptors (Lipinski definition) is 5. The summed E-state index contributed by atoms with van der Waals surface area (Å²) >= 11 is 0. The number of hydrogen-bond donors (Lipinski definition) is 1. The number of ether oxygens (including phenoxy) is 2. The van der Waals surface area contributed by atoms with Gasteiger partial charge in [-0.05, 0) is 61.6 Å². The fourth-order valence-electron chi connectivity index (χ4n) is 5.01. The van der Waals surface area contributed by atoms with E-state index in [-0.39, 0.29) is 42.3 Å². The van der Waals surface area contributed by atoms with Gasteiger partial charge in [0.05, 0.1) is 25.3 Å². The second kappa shape index (κ2) is 10.3. The summed E-state index contributed by atoms with van der Waals surface area (Å²) in [5.41, 5.74) is 2.30. The molecule has 2 atom stereocenters. The lowest BCUT2D eigenvalue weighted by molar-refractivity contribution is -0.143. The second-order valence-electron chi connectivity index (χ2n) is 10.1. The smallest absolute Gasteiger partial charge is 0.254 e.